The van der Waals surface area contributed by atoms with Gasteiger partial charge in [-0.15, -0.1) is 0 Å². The summed E-state index contributed by atoms with van der Waals surface area (Å²) in [6, 6.07) is 5.27. The SMILES string of the molecule is Cc1cc(C(=O)NCC(C)(C)C#N)cc(Cl)n1. The minimum atomic E-state index is -0.582. The van der Waals surface area contributed by atoms with Crippen molar-refractivity contribution in [3.63, 3.8) is 0 Å². The number of amides is 1. The molecule has 0 bridgehead atoms. The Morgan fingerprint density at radius 1 is 1.59 bits per heavy atom. The molecule has 0 saturated heterocycles. The van der Waals surface area contributed by atoms with Crippen LogP contribution < -0.4 is 5.32 Å². The number of carbonyl (C=O) groups is 1. The Kier molecular flexibility index (Phi) is 4.08. The highest BCUT2D eigenvalue weighted by Crippen LogP contribution is 2.13. The predicted molar refractivity (Wildman–Crippen MR) is 65.7 cm³/mol. The summed E-state index contributed by atoms with van der Waals surface area (Å²) in [5.41, 5.74) is 0.556. The monoisotopic (exact) mass is 251 g/mol. The van der Waals surface area contributed by atoms with Crippen LogP contribution in [0.3, 0.4) is 0 Å². The Bertz CT molecular complexity index is 457. The maximum Gasteiger partial charge on any atom is 0.251 e. The molecule has 5 heteroatoms. The summed E-state index contributed by atoms with van der Waals surface area (Å²) in [5, 5.41) is 11.8. The summed E-state index contributed by atoms with van der Waals surface area (Å²) in [5.74, 6) is -0.249. The molecule has 0 aliphatic rings. The Morgan fingerprint density at radius 3 is 2.76 bits per heavy atom. The molecule has 1 aromatic rings. The van der Waals surface area contributed by atoms with Crippen LogP contribution in [-0.4, -0.2) is 17.4 Å². The molecule has 0 saturated carbocycles. The Hall–Kier alpha value is -1.60. The van der Waals surface area contributed by atoms with E-state index >= 15 is 0 Å². The van der Waals surface area contributed by atoms with Gasteiger partial charge in [0.1, 0.15) is 5.15 Å². The summed E-state index contributed by atoms with van der Waals surface area (Å²) in [7, 11) is 0. The molecule has 0 spiro atoms. The fourth-order valence-corrected chi connectivity index (χ4v) is 1.45. The Morgan fingerprint density at radius 2 is 2.24 bits per heavy atom. The first kappa shape index (κ1) is 13.5. The van der Waals surface area contributed by atoms with E-state index in [1.54, 1.807) is 26.8 Å². The third-order valence-corrected chi connectivity index (χ3v) is 2.37. The lowest BCUT2D eigenvalue weighted by Crippen LogP contribution is -2.33. The fraction of sp³-hybridized carbons (Fsp3) is 0.417. The van der Waals surface area contributed by atoms with Crippen molar-refractivity contribution in [3.05, 3.63) is 28.5 Å². The van der Waals surface area contributed by atoms with Crippen molar-refractivity contribution in [1.29, 1.82) is 5.26 Å². The third kappa shape index (κ3) is 4.04. The Balaban J connectivity index is 2.75. The van der Waals surface area contributed by atoms with Gasteiger partial charge in [0, 0.05) is 17.8 Å². The van der Waals surface area contributed by atoms with Gasteiger partial charge in [-0.1, -0.05) is 11.6 Å². The van der Waals surface area contributed by atoms with E-state index < -0.39 is 5.41 Å². The van der Waals surface area contributed by atoms with Crippen LogP contribution in [0.4, 0.5) is 0 Å². The average molecular weight is 252 g/mol. The van der Waals surface area contributed by atoms with Crippen molar-refractivity contribution < 1.29 is 4.79 Å². The van der Waals surface area contributed by atoms with Crippen LogP contribution >= 0.6 is 11.6 Å². The number of hydrogen-bond donors (Lipinski definition) is 1. The lowest BCUT2D eigenvalue weighted by atomic mass is 9.96. The molecule has 1 N–H and O–H groups in total. The maximum absolute atomic E-state index is 11.8. The van der Waals surface area contributed by atoms with Gasteiger partial charge in [-0.25, -0.2) is 4.98 Å². The number of pyridine rings is 1. The summed E-state index contributed by atoms with van der Waals surface area (Å²) in [4.78, 5) is 15.8. The molecule has 0 aromatic carbocycles. The molecule has 0 unspecified atom stereocenters. The number of carbonyl (C=O) groups excluding carboxylic acids is 1. The van der Waals surface area contributed by atoms with Gasteiger partial charge in [0.15, 0.2) is 0 Å². The number of nitriles is 1. The third-order valence-electron chi connectivity index (χ3n) is 2.18. The van der Waals surface area contributed by atoms with Crippen molar-refractivity contribution in [3.8, 4) is 6.07 Å². The zero-order valence-corrected chi connectivity index (χ0v) is 10.8. The van der Waals surface area contributed by atoms with E-state index in [1.165, 1.54) is 6.07 Å². The van der Waals surface area contributed by atoms with E-state index in [-0.39, 0.29) is 11.1 Å². The van der Waals surface area contributed by atoms with Gasteiger partial charge in [0.05, 0.1) is 11.5 Å². The standard InChI is InChI=1S/C12H14ClN3O/c1-8-4-9(5-10(13)16-8)11(17)15-7-12(2,3)6-14/h4-5H,7H2,1-3H3,(H,15,17). The van der Waals surface area contributed by atoms with E-state index in [9.17, 15) is 4.79 Å². The van der Waals surface area contributed by atoms with Crippen LogP contribution in [0.25, 0.3) is 0 Å². The van der Waals surface area contributed by atoms with Gasteiger partial charge in [-0.3, -0.25) is 4.79 Å². The second-order valence-electron chi connectivity index (χ2n) is 4.50. The van der Waals surface area contributed by atoms with E-state index in [2.05, 4.69) is 16.4 Å². The lowest BCUT2D eigenvalue weighted by Gasteiger charge is -2.15. The molecular formula is C12H14ClN3O. The first-order valence-corrected chi connectivity index (χ1v) is 5.55. The molecule has 17 heavy (non-hydrogen) atoms. The second-order valence-corrected chi connectivity index (χ2v) is 4.89. The normalized spacial score (nSPS) is 10.8. The van der Waals surface area contributed by atoms with Crippen LogP contribution in [-0.2, 0) is 0 Å². The highest BCUT2D eigenvalue weighted by atomic mass is 35.5. The van der Waals surface area contributed by atoms with E-state index in [4.69, 9.17) is 16.9 Å². The topological polar surface area (TPSA) is 65.8 Å². The van der Waals surface area contributed by atoms with Crippen LogP contribution in [0.5, 0.6) is 0 Å². The summed E-state index contributed by atoms with van der Waals surface area (Å²) < 4.78 is 0. The van der Waals surface area contributed by atoms with Crippen LogP contribution in [0.2, 0.25) is 5.15 Å². The van der Waals surface area contributed by atoms with E-state index in [0.717, 1.165) is 0 Å². The van der Waals surface area contributed by atoms with Gasteiger partial charge in [0.25, 0.3) is 5.91 Å². The molecule has 0 atom stereocenters. The smallest absolute Gasteiger partial charge is 0.251 e. The minimum Gasteiger partial charge on any atom is -0.350 e. The molecular weight excluding hydrogens is 238 g/mol. The van der Waals surface area contributed by atoms with Crippen molar-refractivity contribution in [2.45, 2.75) is 20.8 Å². The molecule has 1 rings (SSSR count). The summed E-state index contributed by atoms with van der Waals surface area (Å²) in [6.45, 7) is 5.58. The minimum absolute atomic E-state index is 0.249. The summed E-state index contributed by atoms with van der Waals surface area (Å²) >= 11 is 5.77. The number of rotatable bonds is 3. The highest BCUT2D eigenvalue weighted by Gasteiger charge is 2.18. The van der Waals surface area contributed by atoms with Crippen LogP contribution in [0.15, 0.2) is 12.1 Å². The zero-order chi connectivity index (χ0) is 13.1. The highest BCUT2D eigenvalue weighted by molar-refractivity contribution is 6.29. The fourth-order valence-electron chi connectivity index (χ4n) is 1.20. The number of halogens is 1. The lowest BCUT2D eigenvalue weighted by molar-refractivity contribution is 0.0943. The molecule has 0 aliphatic carbocycles. The van der Waals surface area contributed by atoms with Crippen molar-refractivity contribution in [1.82, 2.24) is 10.3 Å². The van der Waals surface area contributed by atoms with Crippen LogP contribution in [0.1, 0.15) is 29.9 Å². The molecule has 4 nitrogen and oxygen atoms in total. The molecule has 1 aromatic heterocycles. The van der Waals surface area contributed by atoms with Crippen molar-refractivity contribution >= 4 is 17.5 Å². The molecule has 0 radical (unpaired) electrons. The average Bonchev–Trinajstić information content (AvgIpc) is 2.24. The largest absolute Gasteiger partial charge is 0.350 e. The molecule has 0 fully saturated rings. The first-order chi connectivity index (χ1) is 7.84. The van der Waals surface area contributed by atoms with Gasteiger partial charge < -0.3 is 5.32 Å². The Labute approximate surface area is 106 Å². The molecule has 0 aliphatic heterocycles. The zero-order valence-electron chi connectivity index (χ0n) is 10.0. The number of aromatic nitrogens is 1. The first-order valence-electron chi connectivity index (χ1n) is 5.18. The molecule has 1 amide bonds. The quantitative estimate of drug-likeness (QED) is 0.839. The van der Waals surface area contributed by atoms with Crippen molar-refractivity contribution in [2.24, 2.45) is 5.41 Å². The molecule has 1 heterocycles. The predicted octanol–water partition coefficient (Wildman–Crippen LogP) is 2.32. The van der Waals surface area contributed by atoms with E-state index in [1.807, 2.05) is 0 Å². The summed E-state index contributed by atoms with van der Waals surface area (Å²) in [6.07, 6.45) is 0. The van der Waals surface area contributed by atoms with Gasteiger partial charge >= 0.3 is 0 Å². The van der Waals surface area contributed by atoms with Gasteiger partial charge in [-0.2, -0.15) is 5.26 Å². The number of nitrogens with zero attached hydrogens (tertiary/aromatic N) is 2. The van der Waals surface area contributed by atoms with Gasteiger partial charge in [0.2, 0.25) is 0 Å². The molecule has 90 valence electrons. The number of nitrogens with one attached hydrogen (secondary N) is 1. The van der Waals surface area contributed by atoms with Crippen LogP contribution in [0, 0.1) is 23.7 Å². The van der Waals surface area contributed by atoms with Gasteiger partial charge in [-0.05, 0) is 32.9 Å². The van der Waals surface area contributed by atoms with E-state index in [0.29, 0.717) is 17.8 Å². The number of aryl methyl sites for hydroxylation is 1. The maximum atomic E-state index is 11.8. The second kappa shape index (κ2) is 5.15. The number of hydrogen-bond acceptors (Lipinski definition) is 3. The van der Waals surface area contributed by atoms with Crippen molar-refractivity contribution in [2.75, 3.05) is 6.54 Å².